The molecule has 5 aromatic carbocycles. The Hall–Kier alpha value is -3.62. The van der Waals surface area contributed by atoms with E-state index in [2.05, 4.69) is 144 Å². The van der Waals surface area contributed by atoms with Crippen LogP contribution >= 0.6 is 15.9 Å². The van der Waals surface area contributed by atoms with Crippen LogP contribution in [0.2, 0.25) is 0 Å². The van der Waals surface area contributed by atoms with Crippen molar-refractivity contribution in [3.8, 4) is 27.9 Å². The monoisotopic (exact) mass is 501 g/mol. The second-order valence-electron chi connectivity index (χ2n) is 8.92. The van der Waals surface area contributed by atoms with E-state index in [9.17, 15) is 0 Å². The minimum atomic E-state index is 1.18. The lowest BCUT2D eigenvalue weighted by Crippen LogP contribution is -1.96. The van der Waals surface area contributed by atoms with E-state index in [4.69, 9.17) is 0 Å². The number of hydrogen-bond donors (Lipinski definition) is 0. The Balaban J connectivity index is 1.68. The summed E-state index contributed by atoms with van der Waals surface area (Å²) in [6, 6.07) is 39.5. The zero-order valence-corrected chi connectivity index (χ0v) is 20.8. The van der Waals surface area contributed by atoms with Gasteiger partial charge in [0.15, 0.2) is 0 Å². The first-order valence-corrected chi connectivity index (χ1v) is 12.4. The molecule has 0 N–H and O–H groups in total. The van der Waals surface area contributed by atoms with Crippen LogP contribution in [0, 0.1) is 13.8 Å². The van der Waals surface area contributed by atoms with E-state index in [1.807, 2.05) is 0 Å². The van der Waals surface area contributed by atoms with Crippen molar-refractivity contribution in [2.24, 2.45) is 0 Å². The third kappa shape index (κ3) is 3.46. The van der Waals surface area contributed by atoms with Crippen LogP contribution in [0.15, 0.2) is 114 Å². The van der Waals surface area contributed by atoms with Gasteiger partial charge in [-0.2, -0.15) is 0 Å². The number of fused-ring (bicyclic) bond motifs is 3. The van der Waals surface area contributed by atoms with E-state index < -0.39 is 0 Å². The van der Waals surface area contributed by atoms with Crippen LogP contribution in [0.1, 0.15) is 11.1 Å². The van der Waals surface area contributed by atoms with Crippen molar-refractivity contribution in [1.29, 1.82) is 0 Å². The molecule has 0 fully saturated rings. The average molecular weight is 502 g/mol. The summed E-state index contributed by atoms with van der Waals surface area (Å²) in [5, 5.41) is 2.54. The number of aryl methyl sites for hydroxylation is 2. The van der Waals surface area contributed by atoms with E-state index >= 15 is 0 Å². The van der Waals surface area contributed by atoms with Gasteiger partial charge in [-0.25, -0.2) is 0 Å². The molecule has 0 radical (unpaired) electrons. The van der Waals surface area contributed by atoms with Crippen molar-refractivity contribution in [1.82, 2.24) is 4.57 Å². The molecule has 1 heterocycles. The van der Waals surface area contributed by atoms with Gasteiger partial charge in [-0.05, 0) is 83.6 Å². The summed E-state index contributed by atoms with van der Waals surface area (Å²) < 4.78 is 3.58. The van der Waals surface area contributed by atoms with E-state index in [-0.39, 0.29) is 0 Å². The summed E-state index contributed by atoms with van der Waals surface area (Å²) >= 11 is 3.74. The number of nitrogens with zero attached hydrogens (tertiary/aromatic N) is 1. The Morgan fingerprint density at radius 3 is 1.38 bits per heavy atom. The molecule has 0 amide bonds. The van der Waals surface area contributed by atoms with Gasteiger partial charge in [-0.15, -0.1) is 0 Å². The topological polar surface area (TPSA) is 4.93 Å². The molecule has 6 rings (SSSR count). The van der Waals surface area contributed by atoms with Gasteiger partial charge in [-0.3, -0.25) is 0 Å². The Kier molecular flexibility index (Phi) is 5.12. The number of hydrogen-bond acceptors (Lipinski definition) is 0. The van der Waals surface area contributed by atoms with Crippen molar-refractivity contribution >= 4 is 37.7 Å². The van der Waals surface area contributed by atoms with E-state index in [0.717, 1.165) is 0 Å². The zero-order valence-electron chi connectivity index (χ0n) is 19.2. The summed E-state index contributed by atoms with van der Waals surface area (Å²) in [5.41, 5.74) is 11.1. The largest absolute Gasteiger partial charge is 0.309 e. The second-order valence-corrected chi connectivity index (χ2v) is 9.72. The van der Waals surface area contributed by atoms with Crippen LogP contribution in [0.4, 0.5) is 0 Å². The van der Waals surface area contributed by atoms with Gasteiger partial charge in [0.1, 0.15) is 0 Å². The SMILES string of the molecule is Cc1cc(-n2c3ccc(-c4ccccc4)cc3c3cc(-c4ccccc4)ccc32)cc(C)c1Br. The summed E-state index contributed by atoms with van der Waals surface area (Å²) in [7, 11) is 0. The predicted molar refractivity (Wildman–Crippen MR) is 149 cm³/mol. The Labute approximate surface area is 208 Å². The quantitative estimate of drug-likeness (QED) is 0.227. The first kappa shape index (κ1) is 20.9. The third-order valence-corrected chi connectivity index (χ3v) is 7.91. The average Bonchev–Trinajstić information content (AvgIpc) is 3.21. The van der Waals surface area contributed by atoms with Crippen molar-refractivity contribution < 1.29 is 0 Å². The maximum absolute atomic E-state index is 3.74. The summed E-state index contributed by atoms with van der Waals surface area (Å²) in [6.45, 7) is 4.32. The number of halogens is 1. The summed E-state index contributed by atoms with van der Waals surface area (Å²) in [5.74, 6) is 0. The third-order valence-electron chi connectivity index (χ3n) is 6.66. The molecule has 2 heteroatoms. The molecule has 0 aliphatic rings. The van der Waals surface area contributed by atoms with Crippen LogP contribution in [0.25, 0.3) is 49.7 Å². The molecule has 164 valence electrons. The molecule has 1 aromatic heterocycles. The van der Waals surface area contributed by atoms with Crippen molar-refractivity contribution in [2.45, 2.75) is 13.8 Å². The van der Waals surface area contributed by atoms with E-state index in [1.165, 1.54) is 65.3 Å². The highest BCUT2D eigenvalue weighted by atomic mass is 79.9. The minimum absolute atomic E-state index is 1.18. The fourth-order valence-corrected chi connectivity index (χ4v) is 5.20. The van der Waals surface area contributed by atoms with Crippen LogP contribution in [0.3, 0.4) is 0 Å². The van der Waals surface area contributed by atoms with Gasteiger partial charge in [-0.1, -0.05) is 88.7 Å². The number of benzene rings is 5. The fraction of sp³-hybridized carbons (Fsp3) is 0.0625. The highest BCUT2D eigenvalue weighted by molar-refractivity contribution is 9.10. The minimum Gasteiger partial charge on any atom is -0.309 e. The first-order valence-electron chi connectivity index (χ1n) is 11.6. The zero-order chi connectivity index (χ0) is 23.2. The molecule has 1 nitrogen and oxygen atoms in total. The number of rotatable bonds is 3. The number of aromatic nitrogens is 1. The maximum atomic E-state index is 3.74. The molecule has 0 saturated heterocycles. The lowest BCUT2D eigenvalue weighted by molar-refractivity contribution is 1.15. The van der Waals surface area contributed by atoms with Gasteiger partial charge in [0.2, 0.25) is 0 Å². The Morgan fingerprint density at radius 1 is 0.500 bits per heavy atom. The van der Waals surface area contributed by atoms with Crippen LogP contribution in [-0.4, -0.2) is 4.57 Å². The van der Waals surface area contributed by atoms with Crippen LogP contribution in [-0.2, 0) is 0 Å². The lowest BCUT2D eigenvalue weighted by atomic mass is 10.0. The molecule has 0 atom stereocenters. The molecule has 6 aromatic rings. The molecular weight excluding hydrogens is 478 g/mol. The molecule has 34 heavy (non-hydrogen) atoms. The molecule has 0 unspecified atom stereocenters. The molecule has 0 bridgehead atoms. The maximum Gasteiger partial charge on any atom is 0.0541 e. The fourth-order valence-electron chi connectivity index (χ4n) is 4.97. The molecular formula is C32H24BrN. The smallest absolute Gasteiger partial charge is 0.0541 e. The molecule has 0 saturated carbocycles. The van der Waals surface area contributed by atoms with Crippen molar-refractivity contribution in [3.05, 3.63) is 125 Å². The highest BCUT2D eigenvalue weighted by Gasteiger charge is 2.15. The molecule has 0 spiro atoms. The summed E-state index contributed by atoms with van der Waals surface area (Å²) in [6.07, 6.45) is 0. The van der Waals surface area contributed by atoms with Gasteiger partial charge < -0.3 is 4.57 Å². The second kappa shape index (κ2) is 8.30. The predicted octanol–water partition coefficient (Wildman–Crippen LogP) is 9.50. The first-order chi connectivity index (χ1) is 16.6. The lowest BCUT2D eigenvalue weighted by Gasteiger charge is -2.12. The van der Waals surface area contributed by atoms with Gasteiger partial charge >= 0.3 is 0 Å². The van der Waals surface area contributed by atoms with Gasteiger partial charge in [0.25, 0.3) is 0 Å². The summed E-state index contributed by atoms with van der Waals surface area (Å²) in [4.78, 5) is 0. The molecule has 0 aliphatic heterocycles. The van der Waals surface area contributed by atoms with E-state index in [0.29, 0.717) is 0 Å². The van der Waals surface area contributed by atoms with Gasteiger partial charge in [0.05, 0.1) is 11.0 Å². The highest BCUT2D eigenvalue weighted by Crippen LogP contribution is 2.38. The Morgan fingerprint density at radius 2 is 0.941 bits per heavy atom. The normalized spacial score (nSPS) is 11.4. The van der Waals surface area contributed by atoms with Crippen molar-refractivity contribution in [3.63, 3.8) is 0 Å². The Bertz CT molecular complexity index is 1540. The van der Waals surface area contributed by atoms with Gasteiger partial charge in [0, 0.05) is 20.9 Å². The van der Waals surface area contributed by atoms with Crippen LogP contribution in [0.5, 0.6) is 0 Å². The van der Waals surface area contributed by atoms with E-state index in [1.54, 1.807) is 0 Å². The molecule has 0 aliphatic carbocycles. The van der Waals surface area contributed by atoms with Crippen LogP contribution < -0.4 is 0 Å². The standard InChI is InChI=1S/C32H24BrN/c1-21-17-27(18-22(2)32(21)33)34-30-15-13-25(23-9-5-3-6-10-23)19-28(30)29-20-26(14-16-31(29)34)24-11-7-4-8-12-24/h3-20H,1-2H3. The van der Waals surface area contributed by atoms with Crippen molar-refractivity contribution in [2.75, 3.05) is 0 Å².